The fraction of sp³-hybridized carbons (Fsp3) is 0.200. The number of fused-ring (bicyclic) bond motifs is 1. The highest BCUT2D eigenvalue weighted by molar-refractivity contribution is 5.96. The summed E-state index contributed by atoms with van der Waals surface area (Å²) < 4.78 is 47.3. The van der Waals surface area contributed by atoms with E-state index in [4.69, 9.17) is 10.5 Å². The Morgan fingerprint density at radius 2 is 1.76 bits per heavy atom. The molecule has 148 valence electrons. The Morgan fingerprint density at radius 3 is 2.34 bits per heavy atom. The number of phenolic OH excluding ortho intramolecular Hbond substituents is 1. The van der Waals surface area contributed by atoms with Crippen molar-refractivity contribution in [2.24, 2.45) is 16.8 Å². The number of nitrogens with two attached hydrogens (primary N) is 1. The number of benzene rings is 2. The molecule has 0 spiro atoms. The molecule has 9 heteroatoms. The zero-order valence-corrected chi connectivity index (χ0v) is 14.8. The van der Waals surface area contributed by atoms with Gasteiger partial charge in [0.05, 0.1) is 17.2 Å². The van der Waals surface area contributed by atoms with Gasteiger partial charge in [-0.15, -0.1) is 0 Å². The van der Waals surface area contributed by atoms with Crippen LogP contribution < -0.4 is 10.7 Å². The van der Waals surface area contributed by atoms with E-state index in [0.29, 0.717) is 11.3 Å². The van der Waals surface area contributed by atoms with E-state index in [1.165, 1.54) is 24.3 Å². The summed E-state index contributed by atoms with van der Waals surface area (Å²) in [5.74, 6) is -2.64. The van der Waals surface area contributed by atoms with Crippen molar-refractivity contribution in [1.82, 2.24) is 0 Å². The SMILES string of the molecule is N#CC1=C(N)O[C@@H]2[C@H](C(C(F)(F)F)=NN2c2ccccc2)[C@H]1c1ccc(O)cc1. The molecule has 0 radical (unpaired) electrons. The summed E-state index contributed by atoms with van der Waals surface area (Å²) in [6.07, 6.45) is -5.91. The van der Waals surface area contributed by atoms with E-state index in [0.717, 1.165) is 5.01 Å². The number of hydrazone groups is 1. The lowest BCUT2D eigenvalue weighted by Crippen LogP contribution is -2.46. The Kier molecular flexibility index (Phi) is 4.34. The first-order valence-electron chi connectivity index (χ1n) is 8.66. The lowest BCUT2D eigenvalue weighted by Gasteiger charge is -2.37. The molecule has 0 fully saturated rings. The number of halogens is 3. The first-order valence-corrected chi connectivity index (χ1v) is 8.66. The van der Waals surface area contributed by atoms with Crippen LogP contribution in [0.1, 0.15) is 11.5 Å². The summed E-state index contributed by atoms with van der Waals surface area (Å²) in [5, 5.41) is 24.1. The van der Waals surface area contributed by atoms with Gasteiger partial charge in [0.15, 0.2) is 5.71 Å². The van der Waals surface area contributed by atoms with Gasteiger partial charge in [-0.3, -0.25) is 0 Å². The number of rotatable bonds is 2. The smallest absolute Gasteiger partial charge is 0.431 e. The molecule has 0 amide bonds. The molecule has 2 aromatic rings. The van der Waals surface area contributed by atoms with Crippen LogP contribution in [0.2, 0.25) is 0 Å². The van der Waals surface area contributed by atoms with Crippen LogP contribution in [0.3, 0.4) is 0 Å². The maximum absolute atomic E-state index is 13.9. The van der Waals surface area contributed by atoms with Gasteiger partial charge in [-0.25, -0.2) is 5.01 Å². The van der Waals surface area contributed by atoms with Crippen molar-refractivity contribution in [2.45, 2.75) is 18.3 Å². The average molecular weight is 400 g/mol. The van der Waals surface area contributed by atoms with Gasteiger partial charge in [0, 0.05) is 5.92 Å². The first kappa shape index (κ1) is 18.7. The molecular weight excluding hydrogens is 385 g/mol. The Labute approximate surface area is 163 Å². The first-order chi connectivity index (χ1) is 13.8. The summed E-state index contributed by atoms with van der Waals surface area (Å²) in [4.78, 5) is 0. The molecule has 2 aromatic carbocycles. The number of nitrogens with zero attached hydrogens (tertiary/aromatic N) is 3. The average Bonchev–Trinajstić information content (AvgIpc) is 3.08. The van der Waals surface area contributed by atoms with Gasteiger partial charge in [-0.05, 0) is 29.8 Å². The van der Waals surface area contributed by atoms with Crippen LogP contribution in [0.25, 0.3) is 0 Å². The molecule has 3 atom stereocenters. The minimum atomic E-state index is -4.74. The topological polar surface area (TPSA) is 94.9 Å². The molecule has 2 aliphatic heterocycles. The van der Waals surface area contributed by atoms with Crippen LogP contribution in [0.4, 0.5) is 18.9 Å². The van der Waals surface area contributed by atoms with Crippen LogP contribution in [0, 0.1) is 17.2 Å². The van der Waals surface area contributed by atoms with Gasteiger partial charge >= 0.3 is 6.18 Å². The number of para-hydroxylation sites is 1. The molecular formula is C20H15F3N4O2. The second-order valence-electron chi connectivity index (χ2n) is 6.66. The molecule has 0 aliphatic carbocycles. The Balaban J connectivity index is 1.90. The molecule has 0 bridgehead atoms. The van der Waals surface area contributed by atoms with E-state index in [2.05, 4.69) is 5.10 Å². The third-order valence-electron chi connectivity index (χ3n) is 4.95. The van der Waals surface area contributed by atoms with Crippen molar-refractivity contribution in [3.8, 4) is 11.8 Å². The predicted octanol–water partition coefficient (Wildman–Crippen LogP) is 3.58. The normalized spacial score (nSPS) is 23.9. The number of nitriles is 1. The van der Waals surface area contributed by atoms with Crippen LogP contribution in [0.15, 0.2) is 71.2 Å². The summed E-state index contributed by atoms with van der Waals surface area (Å²) >= 11 is 0. The molecule has 3 N–H and O–H groups in total. The van der Waals surface area contributed by atoms with Crippen molar-refractivity contribution < 1.29 is 23.0 Å². The standard InChI is InChI=1S/C20H15F3N4O2/c21-20(22,23)17-16-15(11-6-8-13(28)9-7-11)14(10-24)18(25)29-19(16)27(26-17)12-4-2-1-3-5-12/h1-9,15-16,19,28H,25H2/t15-,16-,19+/m0/s1. The third kappa shape index (κ3) is 3.12. The predicted molar refractivity (Wildman–Crippen MR) is 98.4 cm³/mol. The number of ether oxygens (including phenoxy) is 1. The van der Waals surface area contributed by atoms with E-state index in [1.54, 1.807) is 30.3 Å². The monoisotopic (exact) mass is 400 g/mol. The summed E-state index contributed by atoms with van der Waals surface area (Å²) in [6, 6.07) is 15.8. The van der Waals surface area contributed by atoms with E-state index >= 15 is 0 Å². The molecule has 0 saturated heterocycles. The van der Waals surface area contributed by atoms with Gasteiger partial charge < -0.3 is 15.6 Å². The van der Waals surface area contributed by atoms with Crippen molar-refractivity contribution in [1.29, 1.82) is 5.26 Å². The quantitative estimate of drug-likeness (QED) is 0.804. The van der Waals surface area contributed by atoms with Crippen LogP contribution >= 0.6 is 0 Å². The Bertz CT molecular complexity index is 1030. The fourth-order valence-electron chi connectivity index (χ4n) is 3.71. The van der Waals surface area contributed by atoms with Crippen molar-refractivity contribution in [3.05, 3.63) is 71.6 Å². The van der Waals surface area contributed by atoms with Gasteiger partial charge in [0.25, 0.3) is 0 Å². The van der Waals surface area contributed by atoms with Crippen molar-refractivity contribution in [2.75, 3.05) is 5.01 Å². The van der Waals surface area contributed by atoms with E-state index in [9.17, 15) is 23.5 Å². The lowest BCUT2D eigenvalue weighted by molar-refractivity contribution is -0.0658. The van der Waals surface area contributed by atoms with Gasteiger partial charge in [0.2, 0.25) is 12.1 Å². The molecule has 0 unspecified atom stereocenters. The second kappa shape index (κ2) is 6.74. The van der Waals surface area contributed by atoms with Gasteiger partial charge in [-0.2, -0.15) is 23.5 Å². The molecule has 29 heavy (non-hydrogen) atoms. The van der Waals surface area contributed by atoms with Crippen LogP contribution in [0.5, 0.6) is 5.75 Å². The molecule has 4 rings (SSSR count). The fourth-order valence-corrected chi connectivity index (χ4v) is 3.71. The Morgan fingerprint density at radius 1 is 1.10 bits per heavy atom. The van der Waals surface area contributed by atoms with E-state index < -0.39 is 30.0 Å². The zero-order chi connectivity index (χ0) is 20.8. The van der Waals surface area contributed by atoms with Crippen LogP contribution in [-0.4, -0.2) is 23.2 Å². The highest BCUT2D eigenvalue weighted by Crippen LogP contribution is 2.48. The van der Waals surface area contributed by atoms with Crippen LogP contribution in [-0.2, 0) is 4.74 Å². The molecule has 2 aliphatic rings. The van der Waals surface area contributed by atoms with Gasteiger partial charge in [-0.1, -0.05) is 30.3 Å². The molecule has 0 saturated carbocycles. The maximum Gasteiger partial charge on any atom is 0.431 e. The van der Waals surface area contributed by atoms with E-state index in [1.807, 2.05) is 6.07 Å². The second-order valence-corrected chi connectivity index (χ2v) is 6.66. The number of phenols is 1. The third-order valence-corrected chi connectivity index (χ3v) is 4.95. The summed E-state index contributed by atoms with van der Waals surface area (Å²) in [7, 11) is 0. The molecule has 0 aromatic heterocycles. The summed E-state index contributed by atoms with van der Waals surface area (Å²) in [5.41, 5.74) is 5.56. The number of aromatic hydroxyl groups is 1. The summed E-state index contributed by atoms with van der Waals surface area (Å²) in [6.45, 7) is 0. The van der Waals surface area contributed by atoms with Crippen molar-refractivity contribution >= 4 is 11.4 Å². The number of hydrogen-bond donors (Lipinski definition) is 2. The van der Waals surface area contributed by atoms with Crippen molar-refractivity contribution in [3.63, 3.8) is 0 Å². The maximum atomic E-state index is 13.9. The zero-order valence-electron chi connectivity index (χ0n) is 14.8. The number of allylic oxidation sites excluding steroid dienone is 1. The molecule has 6 nitrogen and oxygen atoms in total. The minimum Gasteiger partial charge on any atom is -0.508 e. The minimum absolute atomic E-state index is 0.0464. The highest BCUT2D eigenvalue weighted by atomic mass is 19.4. The number of hydrogen-bond acceptors (Lipinski definition) is 6. The highest BCUT2D eigenvalue weighted by Gasteiger charge is 2.57. The largest absolute Gasteiger partial charge is 0.508 e. The van der Waals surface area contributed by atoms with Gasteiger partial charge in [0.1, 0.15) is 11.8 Å². The van der Waals surface area contributed by atoms with E-state index in [-0.39, 0.29) is 17.2 Å². The number of anilines is 1. The number of alkyl halides is 3. The lowest BCUT2D eigenvalue weighted by atomic mass is 9.76. The molecule has 2 heterocycles. The Hall–Kier alpha value is -3.67.